The fraction of sp³-hybridized carbons (Fsp3) is 0.571. The minimum Gasteiger partial charge on any atom is -0.495 e. The zero-order valence-electron chi connectivity index (χ0n) is 12.7. The number of rotatable bonds is 8. The number of anilines is 1. The van der Waals surface area contributed by atoms with Crippen LogP contribution in [0.25, 0.3) is 0 Å². The van der Waals surface area contributed by atoms with Crippen molar-refractivity contribution in [2.45, 2.75) is 31.6 Å². The Morgan fingerprint density at radius 2 is 2.05 bits per heavy atom. The van der Waals surface area contributed by atoms with Crippen LogP contribution in [-0.2, 0) is 10.0 Å². The summed E-state index contributed by atoms with van der Waals surface area (Å²) in [6.45, 7) is 4.30. The van der Waals surface area contributed by atoms with Crippen LogP contribution in [0, 0.1) is 5.41 Å². The van der Waals surface area contributed by atoms with Crippen molar-refractivity contribution in [2.75, 3.05) is 26.0 Å². The van der Waals surface area contributed by atoms with Crippen molar-refractivity contribution in [3.63, 3.8) is 0 Å². The van der Waals surface area contributed by atoms with Crippen molar-refractivity contribution < 1.29 is 18.3 Å². The highest BCUT2D eigenvalue weighted by Crippen LogP contribution is 2.25. The number of hydrogen-bond acceptors (Lipinski definition) is 5. The van der Waals surface area contributed by atoms with Crippen LogP contribution < -0.4 is 15.2 Å². The second-order valence-electron chi connectivity index (χ2n) is 5.72. The van der Waals surface area contributed by atoms with Gasteiger partial charge in [-0.1, -0.05) is 13.8 Å². The largest absolute Gasteiger partial charge is 0.495 e. The van der Waals surface area contributed by atoms with E-state index in [1.165, 1.54) is 25.3 Å². The van der Waals surface area contributed by atoms with Gasteiger partial charge in [0.1, 0.15) is 5.75 Å². The van der Waals surface area contributed by atoms with Crippen LogP contribution in [0.15, 0.2) is 23.1 Å². The van der Waals surface area contributed by atoms with E-state index in [1.54, 1.807) is 0 Å². The van der Waals surface area contributed by atoms with Crippen molar-refractivity contribution in [1.82, 2.24) is 4.72 Å². The van der Waals surface area contributed by atoms with Crippen LogP contribution in [0.5, 0.6) is 5.75 Å². The molecule has 4 N–H and O–H groups in total. The lowest BCUT2D eigenvalue weighted by atomic mass is 9.88. The lowest BCUT2D eigenvalue weighted by Gasteiger charge is -2.24. The zero-order chi connectivity index (χ0) is 16.1. The number of methoxy groups -OCH3 is 1. The van der Waals surface area contributed by atoms with Gasteiger partial charge >= 0.3 is 0 Å². The molecule has 120 valence electrons. The van der Waals surface area contributed by atoms with Crippen molar-refractivity contribution in [1.29, 1.82) is 0 Å². The Morgan fingerprint density at radius 3 is 2.57 bits per heavy atom. The van der Waals surface area contributed by atoms with Gasteiger partial charge in [0.05, 0.1) is 17.7 Å². The lowest BCUT2D eigenvalue weighted by Crippen LogP contribution is -2.34. The average Bonchev–Trinajstić information content (AvgIpc) is 2.43. The molecule has 21 heavy (non-hydrogen) atoms. The SMILES string of the molecule is COc1ccc(S(=O)(=O)NCC(C)(C)CCCO)cc1N. The van der Waals surface area contributed by atoms with E-state index in [2.05, 4.69) is 4.72 Å². The molecule has 6 nitrogen and oxygen atoms in total. The molecule has 0 bridgehead atoms. The van der Waals surface area contributed by atoms with Crippen molar-refractivity contribution in [3.05, 3.63) is 18.2 Å². The molecule has 0 aromatic heterocycles. The van der Waals surface area contributed by atoms with E-state index in [9.17, 15) is 8.42 Å². The fourth-order valence-electron chi connectivity index (χ4n) is 1.90. The molecule has 7 heteroatoms. The highest BCUT2D eigenvalue weighted by Gasteiger charge is 2.22. The first kappa shape index (κ1) is 17.7. The first-order chi connectivity index (χ1) is 9.72. The minimum absolute atomic E-state index is 0.102. The minimum atomic E-state index is -3.61. The van der Waals surface area contributed by atoms with Gasteiger partial charge < -0.3 is 15.6 Å². The topological polar surface area (TPSA) is 102 Å². The van der Waals surface area contributed by atoms with Crippen LogP contribution >= 0.6 is 0 Å². The van der Waals surface area contributed by atoms with Crippen LogP contribution in [0.4, 0.5) is 5.69 Å². The van der Waals surface area contributed by atoms with Gasteiger partial charge in [-0.25, -0.2) is 13.1 Å². The smallest absolute Gasteiger partial charge is 0.240 e. The van der Waals surface area contributed by atoms with E-state index < -0.39 is 10.0 Å². The zero-order valence-corrected chi connectivity index (χ0v) is 13.5. The molecule has 0 atom stereocenters. The molecule has 1 rings (SSSR count). The normalized spacial score (nSPS) is 12.4. The summed E-state index contributed by atoms with van der Waals surface area (Å²) in [6, 6.07) is 4.36. The monoisotopic (exact) mass is 316 g/mol. The van der Waals surface area contributed by atoms with Gasteiger partial charge in [-0.2, -0.15) is 0 Å². The third-order valence-electron chi connectivity index (χ3n) is 3.26. The molecule has 0 spiro atoms. The Kier molecular flexibility index (Phi) is 6.00. The van der Waals surface area contributed by atoms with Crippen LogP contribution in [0.3, 0.4) is 0 Å². The number of ether oxygens (including phenoxy) is 1. The fourth-order valence-corrected chi connectivity index (χ4v) is 3.18. The Morgan fingerprint density at radius 1 is 1.38 bits per heavy atom. The molecule has 0 fully saturated rings. The molecule has 0 aliphatic heterocycles. The van der Waals surface area contributed by atoms with Gasteiger partial charge in [-0.3, -0.25) is 0 Å². The first-order valence-electron chi connectivity index (χ1n) is 6.76. The number of sulfonamides is 1. The predicted molar refractivity (Wildman–Crippen MR) is 82.7 cm³/mol. The number of nitrogens with one attached hydrogen (secondary N) is 1. The summed E-state index contributed by atoms with van der Waals surface area (Å²) in [6.07, 6.45) is 1.38. The second kappa shape index (κ2) is 7.11. The molecule has 0 unspecified atom stereocenters. The van der Waals surface area contributed by atoms with Crippen molar-refractivity contribution in [3.8, 4) is 5.75 Å². The summed E-state index contributed by atoms with van der Waals surface area (Å²) in [4.78, 5) is 0.110. The van der Waals surface area contributed by atoms with Gasteiger partial charge in [0.15, 0.2) is 0 Å². The molecule has 0 heterocycles. The average molecular weight is 316 g/mol. The third kappa shape index (κ3) is 5.18. The van der Waals surface area contributed by atoms with Crippen molar-refractivity contribution in [2.24, 2.45) is 5.41 Å². The van der Waals surface area contributed by atoms with Crippen molar-refractivity contribution >= 4 is 15.7 Å². The maximum atomic E-state index is 12.2. The van der Waals surface area contributed by atoms with Crippen LogP contribution in [-0.4, -0.2) is 33.8 Å². The van der Waals surface area contributed by atoms with E-state index in [-0.39, 0.29) is 22.6 Å². The Balaban J connectivity index is 2.80. The molecular formula is C14H24N2O4S. The van der Waals surface area contributed by atoms with E-state index in [0.29, 0.717) is 18.7 Å². The lowest BCUT2D eigenvalue weighted by molar-refractivity contribution is 0.242. The summed E-state index contributed by atoms with van der Waals surface area (Å²) in [5.74, 6) is 0.442. The van der Waals surface area contributed by atoms with E-state index in [4.69, 9.17) is 15.6 Å². The number of hydrogen-bond donors (Lipinski definition) is 3. The first-order valence-corrected chi connectivity index (χ1v) is 8.24. The highest BCUT2D eigenvalue weighted by molar-refractivity contribution is 7.89. The van der Waals surface area contributed by atoms with Gasteiger partial charge in [0, 0.05) is 13.2 Å². The molecule has 1 aromatic carbocycles. The van der Waals surface area contributed by atoms with Gasteiger partial charge in [0.2, 0.25) is 10.0 Å². The van der Waals surface area contributed by atoms with Crippen LogP contribution in [0.2, 0.25) is 0 Å². The van der Waals surface area contributed by atoms with E-state index in [0.717, 1.165) is 6.42 Å². The Bertz CT molecular complexity index is 570. The Labute approximate surface area is 126 Å². The summed E-state index contributed by atoms with van der Waals surface area (Å²) < 4.78 is 32.1. The number of nitrogen functional groups attached to an aromatic ring is 1. The maximum absolute atomic E-state index is 12.2. The standard InChI is InChI=1S/C14H24N2O4S/c1-14(2,7-4-8-17)10-16-21(18,19)11-5-6-13(20-3)12(15)9-11/h5-6,9,16-17H,4,7-8,10,15H2,1-3H3. The summed E-state index contributed by atoms with van der Waals surface area (Å²) in [5.41, 5.74) is 5.78. The molecule has 0 saturated heterocycles. The second-order valence-corrected chi connectivity index (χ2v) is 7.49. The predicted octanol–water partition coefficient (Wildman–Crippen LogP) is 1.35. The molecular weight excluding hydrogens is 292 g/mol. The molecule has 0 amide bonds. The maximum Gasteiger partial charge on any atom is 0.240 e. The number of benzene rings is 1. The summed E-state index contributed by atoms with van der Waals surface area (Å²) >= 11 is 0. The van der Waals surface area contributed by atoms with Crippen LogP contribution in [0.1, 0.15) is 26.7 Å². The molecule has 0 aliphatic rings. The number of aliphatic hydroxyl groups is 1. The van der Waals surface area contributed by atoms with Gasteiger partial charge in [0.25, 0.3) is 0 Å². The van der Waals surface area contributed by atoms with Gasteiger partial charge in [-0.05, 0) is 36.5 Å². The highest BCUT2D eigenvalue weighted by atomic mass is 32.2. The summed E-state index contributed by atoms with van der Waals surface area (Å²) in [5, 5.41) is 8.85. The van der Waals surface area contributed by atoms with E-state index >= 15 is 0 Å². The molecule has 1 aromatic rings. The van der Waals surface area contributed by atoms with E-state index in [1.807, 2.05) is 13.8 Å². The molecule has 0 aliphatic carbocycles. The van der Waals surface area contributed by atoms with Gasteiger partial charge in [-0.15, -0.1) is 0 Å². The Hall–Kier alpha value is -1.31. The molecule has 0 saturated carbocycles. The molecule has 0 radical (unpaired) electrons. The quantitative estimate of drug-likeness (QED) is 0.628. The summed E-state index contributed by atoms with van der Waals surface area (Å²) in [7, 11) is -2.14. The number of aliphatic hydroxyl groups excluding tert-OH is 1. The third-order valence-corrected chi connectivity index (χ3v) is 4.66. The number of nitrogens with two attached hydrogens (primary N) is 1.